The van der Waals surface area contributed by atoms with Gasteiger partial charge in [-0.25, -0.2) is 0 Å². The summed E-state index contributed by atoms with van der Waals surface area (Å²) in [7, 11) is 3.03. The van der Waals surface area contributed by atoms with E-state index in [1.165, 1.54) is 20.2 Å². The van der Waals surface area contributed by atoms with Crippen LogP contribution >= 0.6 is 11.6 Å². The zero-order valence-electron chi connectivity index (χ0n) is 14.2. The molecule has 2 N–H and O–H groups in total. The first-order valence-electron chi connectivity index (χ1n) is 7.64. The Labute approximate surface area is 151 Å². The minimum absolute atomic E-state index is 0.269. The molecule has 0 radical (unpaired) electrons. The standard InChI is InChI=1S/C18H19ClN2O4/c1-4-25-15-8-6-12(10-16(15)24-3)18(23)21-14-9-11(17(22)20-2)5-7-13(14)19/h5-10H,4H2,1-3H3,(H,20,22)(H,21,23). The average Bonchev–Trinajstić information content (AvgIpc) is 2.63. The molecule has 6 nitrogen and oxygen atoms in total. The van der Waals surface area contributed by atoms with Gasteiger partial charge in [-0.1, -0.05) is 11.6 Å². The quantitative estimate of drug-likeness (QED) is 0.826. The summed E-state index contributed by atoms with van der Waals surface area (Å²) in [4.78, 5) is 24.2. The molecule has 2 rings (SSSR count). The zero-order chi connectivity index (χ0) is 18.4. The van der Waals surface area contributed by atoms with Crippen LogP contribution in [0.3, 0.4) is 0 Å². The molecule has 0 bridgehead atoms. The number of carbonyl (C=O) groups excluding carboxylic acids is 2. The van der Waals surface area contributed by atoms with Gasteiger partial charge in [-0.15, -0.1) is 0 Å². The van der Waals surface area contributed by atoms with E-state index in [0.29, 0.717) is 39.9 Å². The van der Waals surface area contributed by atoms with Gasteiger partial charge >= 0.3 is 0 Å². The molecule has 7 heteroatoms. The van der Waals surface area contributed by atoms with Crippen molar-refractivity contribution >= 4 is 29.1 Å². The highest BCUT2D eigenvalue weighted by Crippen LogP contribution is 2.29. The van der Waals surface area contributed by atoms with Crippen LogP contribution in [0.15, 0.2) is 36.4 Å². The summed E-state index contributed by atoms with van der Waals surface area (Å²) in [6.07, 6.45) is 0. The van der Waals surface area contributed by atoms with Crippen molar-refractivity contribution in [2.24, 2.45) is 0 Å². The summed E-state index contributed by atoms with van der Waals surface area (Å²) >= 11 is 6.11. The Hall–Kier alpha value is -2.73. The van der Waals surface area contributed by atoms with Crippen LogP contribution in [-0.2, 0) is 0 Å². The minimum Gasteiger partial charge on any atom is -0.493 e. The number of methoxy groups -OCH3 is 1. The maximum atomic E-state index is 12.5. The highest BCUT2D eigenvalue weighted by Gasteiger charge is 2.14. The number of rotatable bonds is 6. The van der Waals surface area contributed by atoms with Gasteiger partial charge in [0.2, 0.25) is 0 Å². The maximum Gasteiger partial charge on any atom is 0.255 e. The Morgan fingerprint density at radius 1 is 1.04 bits per heavy atom. The summed E-state index contributed by atoms with van der Waals surface area (Å²) in [5.41, 5.74) is 1.12. The lowest BCUT2D eigenvalue weighted by Crippen LogP contribution is -2.18. The Morgan fingerprint density at radius 2 is 1.72 bits per heavy atom. The molecule has 0 fully saturated rings. The maximum absolute atomic E-state index is 12.5. The van der Waals surface area contributed by atoms with E-state index in [1.807, 2.05) is 6.92 Å². The van der Waals surface area contributed by atoms with Gasteiger partial charge < -0.3 is 20.1 Å². The number of benzene rings is 2. The molecule has 2 aromatic rings. The van der Waals surface area contributed by atoms with Crippen molar-refractivity contribution in [1.29, 1.82) is 0 Å². The third kappa shape index (κ3) is 4.42. The Balaban J connectivity index is 2.26. The molecular formula is C18H19ClN2O4. The van der Waals surface area contributed by atoms with E-state index in [9.17, 15) is 9.59 Å². The first-order valence-corrected chi connectivity index (χ1v) is 8.01. The molecule has 0 saturated heterocycles. The molecule has 0 aromatic heterocycles. The number of anilines is 1. The van der Waals surface area contributed by atoms with Crippen molar-refractivity contribution in [3.05, 3.63) is 52.5 Å². The van der Waals surface area contributed by atoms with E-state index in [4.69, 9.17) is 21.1 Å². The number of halogens is 1. The Morgan fingerprint density at radius 3 is 2.36 bits per heavy atom. The molecule has 2 aromatic carbocycles. The van der Waals surface area contributed by atoms with Crippen molar-refractivity contribution < 1.29 is 19.1 Å². The minimum atomic E-state index is -0.377. The van der Waals surface area contributed by atoms with Crippen LogP contribution < -0.4 is 20.1 Å². The van der Waals surface area contributed by atoms with Crippen molar-refractivity contribution in [3.63, 3.8) is 0 Å². The number of amides is 2. The van der Waals surface area contributed by atoms with Crippen molar-refractivity contribution in [3.8, 4) is 11.5 Å². The van der Waals surface area contributed by atoms with E-state index in [0.717, 1.165) is 0 Å². The van der Waals surface area contributed by atoms with Crippen molar-refractivity contribution in [2.75, 3.05) is 26.1 Å². The zero-order valence-corrected chi connectivity index (χ0v) is 14.9. The Kier molecular flexibility index (Phi) is 6.25. The van der Waals surface area contributed by atoms with Crippen LogP contribution in [0, 0.1) is 0 Å². The van der Waals surface area contributed by atoms with E-state index in [-0.39, 0.29) is 11.8 Å². The fourth-order valence-corrected chi connectivity index (χ4v) is 2.35. The lowest BCUT2D eigenvalue weighted by Gasteiger charge is -2.12. The van der Waals surface area contributed by atoms with Gasteiger partial charge in [0.1, 0.15) is 0 Å². The molecule has 0 heterocycles. The molecule has 25 heavy (non-hydrogen) atoms. The van der Waals surface area contributed by atoms with Crippen molar-refractivity contribution in [1.82, 2.24) is 5.32 Å². The van der Waals surface area contributed by atoms with E-state index in [1.54, 1.807) is 30.3 Å². The molecular weight excluding hydrogens is 344 g/mol. The number of hydrogen-bond acceptors (Lipinski definition) is 4. The molecule has 0 aliphatic carbocycles. The largest absolute Gasteiger partial charge is 0.493 e. The first kappa shape index (κ1) is 18.6. The highest BCUT2D eigenvalue weighted by molar-refractivity contribution is 6.34. The number of nitrogens with one attached hydrogen (secondary N) is 2. The SMILES string of the molecule is CCOc1ccc(C(=O)Nc2cc(C(=O)NC)ccc2Cl)cc1OC. The van der Waals surface area contributed by atoms with Crippen LogP contribution in [0.25, 0.3) is 0 Å². The summed E-state index contributed by atoms with van der Waals surface area (Å²) in [6, 6.07) is 9.53. The molecule has 0 spiro atoms. The molecule has 0 aliphatic rings. The van der Waals surface area contributed by atoms with E-state index < -0.39 is 0 Å². The second-order valence-electron chi connectivity index (χ2n) is 5.03. The van der Waals surface area contributed by atoms with Gasteiger partial charge in [-0.3, -0.25) is 9.59 Å². The number of ether oxygens (including phenoxy) is 2. The fourth-order valence-electron chi connectivity index (χ4n) is 2.18. The van der Waals surface area contributed by atoms with Gasteiger partial charge in [0, 0.05) is 18.2 Å². The normalized spacial score (nSPS) is 10.1. The molecule has 0 aliphatic heterocycles. The van der Waals surface area contributed by atoms with E-state index >= 15 is 0 Å². The van der Waals surface area contributed by atoms with Crippen LogP contribution in [0.4, 0.5) is 5.69 Å². The number of hydrogen-bond donors (Lipinski definition) is 2. The second kappa shape index (κ2) is 8.39. The lowest BCUT2D eigenvalue weighted by atomic mass is 10.1. The van der Waals surface area contributed by atoms with Gasteiger partial charge in [0.15, 0.2) is 11.5 Å². The molecule has 0 atom stereocenters. The van der Waals surface area contributed by atoms with E-state index in [2.05, 4.69) is 10.6 Å². The lowest BCUT2D eigenvalue weighted by molar-refractivity contribution is 0.0961. The number of carbonyl (C=O) groups is 2. The first-order chi connectivity index (χ1) is 12.0. The summed E-state index contributed by atoms with van der Waals surface area (Å²) < 4.78 is 10.7. The van der Waals surface area contributed by atoms with Gasteiger partial charge in [0.05, 0.1) is 24.4 Å². The highest BCUT2D eigenvalue weighted by atomic mass is 35.5. The van der Waals surface area contributed by atoms with Gasteiger partial charge in [-0.2, -0.15) is 0 Å². The Bertz CT molecular complexity index is 793. The third-order valence-electron chi connectivity index (χ3n) is 3.43. The van der Waals surface area contributed by atoms with Gasteiger partial charge in [0.25, 0.3) is 11.8 Å². The van der Waals surface area contributed by atoms with Gasteiger partial charge in [-0.05, 0) is 43.3 Å². The van der Waals surface area contributed by atoms with Crippen molar-refractivity contribution in [2.45, 2.75) is 6.92 Å². The summed E-state index contributed by atoms with van der Waals surface area (Å²) in [6.45, 7) is 2.35. The second-order valence-corrected chi connectivity index (χ2v) is 5.43. The van der Waals surface area contributed by atoms with Crippen LogP contribution in [-0.4, -0.2) is 32.6 Å². The molecule has 2 amide bonds. The third-order valence-corrected chi connectivity index (χ3v) is 3.76. The smallest absolute Gasteiger partial charge is 0.255 e. The topological polar surface area (TPSA) is 76.7 Å². The molecule has 0 unspecified atom stereocenters. The predicted octanol–water partition coefficient (Wildman–Crippen LogP) is 3.36. The fraction of sp³-hybridized carbons (Fsp3) is 0.222. The van der Waals surface area contributed by atoms with Crippen LogP contribution in [0.2, 0.25) is 5.02 Å². The summed E-state index contributed by atoms with van der Waals surface area (Å²) in [5, 5.41) is 5.55. The average molecular weight is 363 g/mol. The summed E-state index contributed by atoms with van der Waals surface area (Å²) in [5.74, 6) is 0.369. The molecule has 0 saturated carbocycles. The molecule has 132 valence electrons. The monoisotopic (exact) mass is 362 g/mol. The predicted molar refractivity (Wildman–Crippen MR) is 97.0 cm³/mol. The van der Waals surface area contributed by atoms with Crippen LogP contribution in [0.1, 0.15) is 27.6 Å². The van der Waals surface area contributed by atoms with Crippen LogP contribution in [0.5, 0.6) is 11.5 Å².